The van der Waals surface area contributed by atoms with E-state index in [0.717, 1.165) is 21.0 Å². The molecule has 0 heterocycles. The predicted octanol–water partition coefficient (Wildman–Crippen LogP) is 3.97. The predicted molar refractivity (Wildman–Crippen MR) is 137 cm³/mol. The third-order valence-electron chi connectivity index (χ3n) is 5.77. The third kappa shape index (κ3) is 5.81. The molecule has 0 spiro atoms. The molecule has 0 aliphatic carbocycles. The highest BCUT2D eigenvalue weighted by atomic mass is 32.2. The molecule has 1 N–H and O–H groups in total. The number of benzene rings is 3. The monoisotopic (exact) mass is 495 g/mol. The van der Waals surface area contributed by atoms with Crippen LogP contribution >= 0.6 is 0 Å². The van der Waals surface area contributed by atoms with Gasteiger partial charge in [-0.3, -0.25) is 9.10 Å². The normalized spacial score (nSPS) is 11.3. The number of hydrogen-bond acceptors (Lipinski definition) is 6. The lowest BCUT2D eigenvalue weighted by atomic mass is 10.00. The van der Waals surface area contributed by atoms with Crippen molar-refractivity contribution in [1.29, 1.82) is 0 Å². The summed E-state index contributed by atoms with van der Waals surface area (Å²) in [6.07, 6.45) is 1.55. The molecule has 0 saturated carbocycles. The van der Waals surface area contributed by atoms with Crippen molar-refractivity contribution < 1.29 is 22.7 Å². The van der Waals surface area contributed by atoms with E-state index < -0.39 is 22.5 Å². The van der Waals surface area contributed by atoms with E-state index in [1.165, 1.54) is 38.0 Å². The van der Waals surface area contributed by atoms with Gasteiger partial charge >= 0.3 is 0 Å². The summed E-state index contributed by atoms with van der Waals surface area (Å²) in [5, 5.41) is 4.05. The van der Waals surface area contributed by atoms with Gasteiger partial charge < -0.3 is 9.47 Å². The molecule has 3 aromatic carbocycles. The Hall–Kier alpha value is -3.85. The molecule has 0 atom stereocenters. The number of nitrogens with one attached hydrogen (secondary N) is 1. The van der Waals surface area contributed by atoms with Crippen molar-refractivity contribution in [3.8, 4) is 11.5 Å². The number of amides is 1. The first-order valence-corrected chi connectivity index (χ1v) is 12.3. The van der Waals surface area contributed by atoms with E-state index >= 15 is 0 Å². The van der Waals surface area contributed by atoms with Crippen LogP contribution in [0.25, 0.3) is 0 Å². The lowest BCUT2D eigenvalue weighted by Gasteiger charge is -2.24. The number of ether oxygens (including phenoxy) is 2. The quantitative estimate of drug-likeness (QED) is 0.358. The maximum atomic E-state index is 13.5. The van der Waals surface area contributed by atoms with Crippen molar-refractivity contribution in [2.45, 2.75) is 25.7 Å². The van der Waals surface area contributed by atoms with E-state index in [9.17, 15) is 13.2 Å². The zero-order valence-electron chi connectivity index (χ0n) is 20.4. The van der Waals surface area contributed by atoms with Gasteiger partial charge in [-0.05, 0) is 67.3 Å². The largest absolute Gasteiger partial charge is 0.493 e. The van der Waals surface area contributed by atoms with Gasteiger partial charge in [0.1, 0.15) is 6.54 Å². The number of nitrogens with zero attached hydrogens (tertiary/aromatic N) is 2. The van der Waals surface area contributed by atoms with Crippen molar-refractivity contribution in [2.24, 2.45) is 5.10 Å². The first-order valence-electron chi connectivity index (χ1n) is 10.9. The number of hydrogen-bond donors (Lipinski definition) is 1. The number of hydrazone groups is 1. The molecule has 0 unspecified atom stereocenters. The molecule has 0 fully saturated rings. The van der Waals surface area contributed by atoms with Crippen LogP contribution in [0, 0.1) is 20.8 Å². The van der Waals surface area contributed by atoms with Crippen LogP contribution in [0.4, 0.5) is 5.69 Å². The molecule has 0 aromatic heterocycles. The minimum atomic E-state index is -4.06. The van der Waals surface area contributed by atoms with E-state index in [1.54, 1.807) is 36.5 Å². The number of rotatable bonds is 9. The van der Waals surface area contributed by atoms with Gasteiger partial charge in [-0.1, -0.05) is 30.3 Å². The Morgan fingerprint density at radius 2 is 1.63 bits per heavy atom. The minimum absolute atomic E-state index is 0.0526. The van der Waals surface area contributed by atoms with Gasteiger partial charge in [-0.15, -0.1) is 0 Å². The van der Waals surface area contributed by atoms with Crippen LogP contribution in [0.5, 0.6) is 11.5 Å². The Morgan fingerprint density at radius 3 is 2.29 bits per heavy atom. The summed E-state index contributed by atoms with van der Waals surface area (Å²) >= 11 is 0. The van der Waals surface area contributed by atoms with E-state index in [2.05, 4.69) is 10.5 Å². The lowest BCUT2D eigenvalue weighted by molar-refractivity contribution is -0.119. The average Bonchev–Trinajstić information content (AvgIpc) is 2.87. The van der Waals surface area contributed by atoms with Crippen LogP contribution < -0.4 is 19.2 Å². The minimum Gasteiger partial charge on any atom is -0.493 e. The molecule has 3 aromatic rings. The van der Waals surface area contributed by atoms with Crippen LogP contribution in [0.2, 0.25) is 0 Å². The standard InChI is InChI=1S/C26H29N3O5S/c1-18-11-12-21(20(3)19(18)2)16-27-28-26(30)17-29(35(31,32)23-9-7-6-8-10-23)22-13-14-24(33-4)25(15-22)34-5/h6-16H,17H2,1-5H3,(H,28,30)/b27-16+. The Labute approximate surface area is 206 Å². The summed E-state index contributed by atoms with van der Waals surface area (Å²) in [6, 6.07) is 16.5. The van der Waals surface area contributed by atoms with Gasteiger partial charge in [0.05, 0.1) is 31.0 Å². The van der Waals surface area contributed by atoms with Gasteiger partial charge in [0.15, 0.2) is 11.5 Å². The molecule has 3 rings (SSSR count). The number of anilines is 1. The van der Waals surface area contributed by atoms with Crippen molar-refractivity contribution in [3.63, 3.8) is 0 Å². The van der Waals surface area contributed by atoms with E-state index in [1.807, 2.05) is 32.9 Å². The van der Waals surface area contributed by atoms with Gasteiger partial charge in [-0.2, -0.15) is 5.10 Å². The zero-order chi connectivity index (χ0) is 25.6. The second-order valence-electron chi connectivity index (χ2n) is 7.88. The molecular weight excluding hydrogens is 466 g/mol. The Morgan fingerprint density at radius 1 is 0.943 bits per heavy atom. The average molecular weight is 496 g/mol. The highest BCUT2D eigenvalue weighted by molar-refractivity contribution is 7.92. The molecule has 35 heavy (non-hydrogen) atoms. The summed E-state index contributed by atoms with van der Waals surface area (Å²) in [7, 11) is -1.13. The summed E-state index contributed by atoms with van der Waals surface area (Å²) in [5.41, 5.74) is 6.92. The maximum Gasteiger partial charge on any atom is 0.264 e. The first-order chi connectivity index (χ1) is 16.7. The Balaban J connectivity index is 1.90. The SMILES string of the molecule is COc1ccc(N(CC(=O)N/N=C/c2ccc(C)c(C)c2C)S(=O)(=O)c2ccccc2)cc1OC. The summed E-state index contributed by atoms with van der Waals surface area (Å²) in [4.78, 5) is 12.8. The molecule has 0 aliphatic rings. The van der Waals surface area contributed by atoms with Crippen molar-refractivity contribution >= 4 is 27.8 Å². The molecule has 8 nitrogen and oxygen atoms in total. The lowest BCUT2D eigenvalue weighted by Crippen LogP contribution is -2.39. The first kappa shape index (κ1) is 25.8. The fourth-order valence-electron chi connectivity index (χ4n) is 3.47. The fraction of sp³-hybridized carbons (Fsp3) is 0.231. The number of methoxy groups -OCH3 is 2. The maximum absolute atomic E-state index is 13.5. The molecular formula is C26H29N3O5S. The van der Waals surface area contributed by atoms with Gasteiger partial charge in [0.2, 0.25) is 0 Å². The molecule has 0 radical (unpaired) electrons. The van der Waals surface area contributed by atoms with Gasteiger partial charge in [-0.25, -0.2) is 13.8 Å². The Bertz CT molecular complexity index is 1340. The number of aryl methyl sites for hydroxylation is 1. The zero-order valence-corrected chi connectivity index (χ0v) is 21.2. The van der Waals surface area contributed by atoms with Crippen molar-refractivity contribution in [2.75, 3.05) is 25.1 Å². The molecule has 184 valence electrons. The van der Waals surface area contributed by atoms with Crippen LogP contribution in [-0.4, -0.2) is 41.3 Å². The highest BCUT2D eigenvalue weighted by Crippen LogP contribution is 2.33. The van der Waals surface area contributed by atoms with E-state index in [0.29, 0.717) is 11.5 Å². The Kier molecular flexibility index (Phi) is 8.14. The summed E-state index contributed by atoms with van der Waals surface area (Å²) in [5.74, 6) is 0.171. The molecule has 0 aliphatic heterocycles. The van der Waals surface area contributed by atoms with Crippen LogP contribution in [0.3, 0.4) is 0 Å². The van der Waals surface area contributed by atoms with Crippen molar-refractivity contribution in [1.82, 2.24) is 5.43 Å². The number of carbonyl (C=O) groups excluding carboxylic acids is 1. The number of sulfonamides is 1. The molecule has 0 bridgehead atoms. The topological polar surface area (TPSA) is 97.3 Å². The molecule has 0 saturated heterocycles. The fourth-order valence-corrected chi connectivity index (χ4v) is 4.91. The van der Waals surface area contributed by atoms with E-state index in [-0.39, 0.29) is 10.6 Å². The third-order valence-corrected chi connectivity index (χ3v) is 7.55. The molecule has 1 amide bonds. The van der Waals surface area contributed by atoms with E-state index in [4.69, 9.17) is 9.47 Å². The van der Waals surface area contributed by atoms with Gasteiger partial charge in [0, 0.05) is 6.07 Å². The van der Waals surface area contributed by atoms with Crippen LogP contribution in [0.15, 0.2) is 70.7 Å². The smallest absolute Gasteiger partial charge is 0.264 e. The summed E-state index contributed by atoms with van der Waals surface area (Å²) in [6.45, 7) is 5.55. The van der Waals surface area contributed by atoms with Crippen LogP contribution in [0.1, 0.15) is 22.3 Å². The van der Waals surface area contributed by atoms with Crippen LogP contribution in [-0.2, 0) is 14.8 Å². The second-order valence-corrected chi connectivity index (χ2v) is 9.74. The second kappa shape index (κ2) is 11.1. The highest BCUT2D eigenvalue weighted by Gasteiger charge is 2.28. The van der Waals surface area contributed by atoms with Crippen molar-refractivity contribution in [3.05, 3.63) is 82.9 Å². The van der Waals surface area contributed by atoms with Gasteiger partial charge in [0.25, 0.3) is 15.9 Å². The number of carbonyl (C=O) groups is 1. The molecule has 9 heteroatoms. The summed E-state index contributed by atoms with van der Waals surface area (Å²) < 4.78 is 38.5.